The summed E-state index contributed by atoms with van der Waals surface area (Å²) in [5, 5.41) is 13.2. The molecule has 0 spiro atoms. The molecular formula is C16H27NO3. The third-order valence-electron chi connectivity index (χ3n) is 2.97. The molecule has 1 unspecified atom stereocenters. The Morgan fingerprint density at radius 1 is 1.25 bits per heavy atom. The summed E-state index contributed by atoms with van der Waals surface area (Å²) in [4.78, 5) is 0. The Morgan fingerprint density at radius 2 is 1.90 bits per heavy atom. The normalized spacial score (nSPS) is 14.9. The van der Waals surface area contributed by atoms with Gasteiger partial charge in [-0.1, -0.05) is 18.2 Å². The molecule has 2 atom stereocenters. The van der Waals surface area contributed by atoms with E-state index in [2.05, 4.69) is 12.2 Å². The number of nitrogens with one attached hydrogen (secondary N) is 1. The number of aliphatic hydroxyl groups is 1. The molecule has 0 bridgehead atoms. The van der Waals surface area contributed by atoms with E-state index in [0.717, 1.165) is 11.3 Å². The van der Waals surface area contributed by atoms with Gasteiger partial charge in [0.25, 0.3) is 0 Å². The summed E-state index contributed by atoms with van der Waals surface area (Å²) >= 11 is 0. The van der Waals surface area contributed by atoms with E-state index in [9.17, 15) is 5.11 Å². The zero-order valence-corrected chi connectivity index (χ0v) is 13.1. The predicted octanol–water partition coefficient (Wildman–Crippen LogP) is 2.52. The molecule has 0 saturated carbocycles. The molecule has 0 amide bonds. The molecule has 0 heterocycles. The summed E-state index contributed by atoms with van der Waals surface area (Å²) in [6.07, 6.45) is -0.522. The van der Waals surface area contributed by atoms with Crippen LogP contribution in [0.15, 0.2) is 24.3 Å². The van der Waals surface area contributed by atoms with Crippen LogP contribution in [0.5, 0.6) is 5.75 Å². The molecule has 0 fully saturated rings. The van der Waals surface area contributed by atoms with E-state index in [1.807, 2.05) is 45.0 Å². The summed E-state index contributed by atoms with van der Waals surface area (Å²) in [7, 11) is 1.66. The molecule has 4 heteroatoms. The van der Waals surface area contributed by atoms with Crippen LogP contribution in [0, 0.1) is 0 Å². The summed E-state index contributed by atoms with van der Waals surface area (Å²) in [5.41, 5.74) is 0.855. The standard InChI is InChI=1S/C16H27NO3/c1-12(14-8-6-7-9-15(14)19-5)17-10-13(18)11-20-16(2,3)4/h6-9,12-13,17-18H,10-11H2,1-5H3/t12-,13?/m0/s1. The van der Waals surface area contributed by atoms with E-state index >= 15 is 0 Å². The van der Waals surface area contributed by atoms with Gasteiger partial charge in [0.2, 0.25) is 0 Å². The van der Waals surface area contributed by atoms with Crippen molar-refractivity contribution in [2.24, 2.45) is 0 Å². The maximum Gasteiger partial charge on any atom is 0.123 e. The van der Waals surface area contributed by atoms with Gasteiger partial charge in [0.05, 0.1) is 25.4 Å². The van der Waals surface area contributed by atoms with Crippen LogP contribution in [0.2, 0.25) is 0 Å². The average molecular weight is 281 g/mol. The molecule has 0 aromatic heterocycles. The SMILES string of the molecule is COc1ccccc1[C@H](C)NCC(O)COC(C)(C)C. The smallest absolute Gasteiger partial charge is 0.123 e. The lowest BCUT2D eigenvalue weighted by Gasteiger charge is -2.23. The number of benzene rings is 1. The number of hydrogen-bond donors (Lipinski definition) is 2. The second-order valence-electron chi connectivity index (χ2n) is 5.95. The quantitative estimate of drug-likeness (QED) is 0.806. The predicted molar refractivity (Wildman–Crippen MR) is 81.1 cm³/mol. The number of rotatable bonds is 7. The molecule has 0 radical (unpaired) electrons. The first-order valence-electron chi connectivity index (χ1n) is 7.02. The van der Waals surface area contributed by atoms with E-state index in [4.69, 9.17) is 9.47 Å². The minimum Gasteiger partial charge on any atom is -0.496 e. The van der Waals surface area contributed by atoms with Gasteiger partial charge < -0.3 is 19.9 Å². The Balaban J connectivity index is 2.44. The van der Waals surface area contributed by atoms with Gasteiger partial charge >= 0.3 is 0 Å². The third-order valence-corrected chi connectivity index (χ3v) is 2.97. The van der Waals surface area contributed by atoms with Crippen LogP contribution < -0.4 is 10.1 Å². The van der Waals surface area contributed by atoms with Gasteiger partial charge in [-0.3, -0.25) is 0 Å². The van der Waals surface area contributed by atoms with E-state index in [-0.39, 0.29) is 11.6 Å². The van der Waals surface area contributed by atoms with Crippen molar-refractivity contribution in [2.75, 3.05) is 20.3 Å². The third kappa shape index (κ3) is 5.90. The fourth-order valence-corrected chi connectivity index (χ4v) is 1.85. The maximum atomic E-state index is 9.92. The largest absolute Gasteiger partial charge is 0.496 e. The zero-order valence-electron chi connectivity index (χ0n) is 13.1. The zero-order chi connectivity index (χ0) is 15.2. The van der Waals surface area contributed by atoms with Crippen molar-refractivity contribution in [3.63, 3.8) is 0 Å². The Labute approximate surface area is 122 Å². The Kier molecular flexibility index (Phi) is 6.46. The fourth-order valence-electron chi connectivity index (χ4n) is 1.85. The van der Waals surface area contributed by atoms with Crippen molar-refractivity contribution in [1.82, 2.24) is 5.32 Å². The van der Waals surface area contributed by atoms with Crippen LogP contribution in [0.4, 0.5) is 0 Å². The van der Waals surface area contributed by atoms with Crippen LogP contribution in [0.1, 0.15) is 39.3 Å². The molecule has 0 aliphatic heterocycles. The lowest BCUT2D eigenvalue weighted by Crippen LogP contribution is -2.34. The highest BCUT2D eigenvalue weighted by atomic mass is 16.5. The van der Waals surface area contributed by atoms with Crippen molar-refractivity contribution in [3.8, 4) is 5.75 Å². The molecule has 0 aliphatic carbocycles. The highest BCUT2D eigenvalue weighted by Gasteiger charge is 2.15. The molecule has 1 aromatic carbocycles. The van der Waals surface area contributed by atoms with Crippen LogP contribution in [-0.4, -0.2) is 37.1 Å². The molecule has 20 heavy (non-hydrogen) atoms. The lowest BCUT2D eigenvalue weighted by molar-refractivity contribution is -0.0483. The second kappa shape index (κ2) is 7.62. The first kappa shape index (κ1) is 17.0. The van der Waals surface area contributed by atoms with E-state index < -0.39 is 6.10 Å². The number of aliphatic hydroxyl groups excluding tert-OH is 1. The highest BCUT2D eigenvalue weighted by molar-refractivity contribution is 5.35. The first-order valence-corrected chi connectivity index (χ1v) is 7.02. The summed E-state index contributed by atoms with van der Waals surface area (Å²) < 4.78 is 10.9. The van der Waals surface area contributed by atoms with Gasteiger partial charge in [-0.2, -0.15) is 0 Å². The number of para-hydroxylation sites is 1. The van der Waals surface area contributed by atoms with Gasteiger partial charge in [-0.25, -0.2) is 0 Å². The van der Waals surface area contributed by atoms with Crippen molar-refractivity contribution in [1.29, 1.82) is 0 Å². The van der Waals surface area contributed by atoms with Gasteiger partial charge in [0.1, 0.15) is 5.75 Å². The molecule has 1 rings (SSSR count). The molecule has 2 N–H and O–H groups in total. The Hall–Kier alpha value is -1.10. The highest BCUT2D eigenvalue weighted by Crippen LogP contribution is 2.24. The van der Waals surface area contributed by atoms with Crippen molar-refractivity contribution in [3.05, 3.63) is 29.8 Å². The second-order valence-corrected chi connectivity index (χ2v) is 5.95. The topological polar surface area (TPSA) is 50.7 Å². The van der Waals surface area contributed by atoms with Crippen molar-refractivity contribution < 1.29 is 14.6 Å². The van der Waals surface area contributed by atoms with Crippen LogP contribution in [0.3, 0.4) is 0 Å². The van der Waals surface area contributed by atoms with E-state index in [0.29, 0.717) is 13.2 Å². The number of ether oxygens (including phenoxy) is 2. The molecule has 114 valence electrons. The Bertz CT molecular complexity index is 401. The first-order chi connectivity index (χ1) is 9.33. The number of methoxy groups -OCH3 is 1. The summed E-state index contributed by atoms with van der Waals surface area (Å²) in [6.45, 7) is 8.79. The van der Waals surface area contributed by atoms with Crippen LogP contribution in [0.25, 0.3) is 0 Å². The van der Waals surface area contributed by atoms with Gasteiger partial charge in [0, 0.05) is 18.2 Å². The minimum absolute atomic E-state index is 0.107. The van der Waals surface area contributed by atoms with E-state index in [1.54, 1.807) is 7.11 Å². The monoisotopic (exact) mass is 281 g/mol. The van der Waals surface area contributed by atoms with Crippen LogP contribution >= 0.6 is 0 Å². The number of hydrogen-bond acceptors (Lipinski definition) is 4. The van der Waals surface area contributed by atoms with Gasteiger partial charge in [-0.05, 0) is 33.8 Å². The molecule has 0 aliphatic rings. The molecule has 1 aromatic rings. The van der Waals surface area contributed by atoms with Crippen LogP contribution in [-0.2, 0) is 4.74 Å². The minimum atomic E-state index is -0.522. The maximum absolute atomic E-state index is 9.92. The molecular weight excluding hydrogens is 254 g/mol. The molecule has 0 saturated heterocycles. The summed E-state index contributed by atoms with van der Waals surface area (Å²) in [6, 6.07) is 7.99. The molecule has 4 nitrogen and oxygen atoms in total. The van der Waals surface area contributed by atoms with Crippen molar-refractivity contribution in [2.45, 2.75) is 45.4 Å². The van der Waals surface area contributed by atoms with Crippen molar-refractivity contribution >= 4 is 0 Å². The van der Waals surface area contributed by atoms with E-state index in [1.165, 1.54) is 0 Å². The lowest BCUT2D eigenvalue weighted by atomic mass is 10.1. The van der Waals surface area contributed by atoms with Gasteiger partial charge in [0.15, 0.2) is 0 Å². The Morgan fingerprint density at radius 3 is 2.50 bits per heavy atom. The summed E-state index contributed by atoms with van der Waals surface area (Å²) in [5.74, 6) is 0.855. The van der Waals surface area contributed by atoms with Gasteiger partial charge in [-0.15, -0.1) is 0 Å². The average Bonchev–Trinajstić information content (AvgIpc) is 2.41. The fraction of sp³-hybridized carbons (Fsp3) is 0.625.